The van der Waals surface area contributed by atoms with Crippen LogP contribution in [-0.2, 0) is 6.42 Å². The molecule has 20 heavy (non-hydrogen) atoms. The van der Waals surface area contributed by atoms with Crippen molar-refractivity contribution in [1.29, 1.82) is 0 Å². The van der Waals surface area contributed by atoms with E-state index in [2.05, 4.69) is 26.2 Å². The van der Waals surface area contributed by atoms with Crippen LogP contribution in [0.25, 0.3) is 11.1 Å². The van der Waals surface area contributed by atoms with Gasteiger partial charge in [0.05, 0.1) is 0 Å². The summed E-state index contributed by atoms with van der Waals surface area (Å²) in [5, 5.41) is 2.81. The minimum absolute atomic E-state index is 0.224. The van der Waals surface area contributed by atoms with Crippen LogP contribution in [0.1, 0.15) is 16.1 Å². The van der Waals surface area contributed by atoms with Crippen molar-refractivity contribution in [2.75, 3.05) is 6.54 Å². The lowest BCUT2D eigenvalue weighted by atomic mass is 10.1. The normalized spacial score (nSPS) is 10.8. The molecule has 2 heterocycles. The largest absolute Gasteiger partial charge is 0.444 e. The van der Waals surface area contributed by atoms with Gasteiger partial charge in [0.1, 0.15) is 5.52 Å². The molecule has 0 unspecified atom stereocenters. The summed E-state index contributed by atoms with van der Waals surface area (Å²) in [6.45, 7) is 0.528. The molecule has 0 aliphatic heterocycles. The number of furan rings is 1. The Labute approximate surface area is 123 Å². The second kappa shape index (κ2) is 5.50. The van der Waals surface area contributed by atoms with E-state index >= 15 is 0 Å². The number of hydrogen-bond donors (Lipinski definition) is 1. The number of carbonyl (C=O) groups is 1. The van der Waals surface area contributed by atoms with E-state index in [4.69, 9.17) is 8.83 Å². The number of amides is 1. The van der Waals surface area contributed by atoms with E-state index in [1.165, 1.54) is 6.39 Å². The molecule has 6 heteroatoms. The van der Waals surface area contributed by atoms with Gasteiger partial charge in [-0.25, -0.2) is 4.98 Å². The number of benzene rings is 1. The maximum atomic E-state index is 11.8. The maximum absolute atomic E-state index is 11.8. The summed E-state index contributed by atoms with van der Waals surface area (Å²) < 4.78 is 10.9. The smallest absolute Gasteiger partial charge is 0.287 e. The third-order valence-electron chi connectivity index (χ3n) is 2.89. The molecule has 1 aromatic carbocycles. The number of nitrogens with zero attached hydrogens (tertiary/aromatic N) is 1. The van der Waals surface area contributed by atoms with Crippen LogP contribution < -0.4 is 5.32 Å². The minimum atomic E-state index is -0.224. The number of rotatable bonds is 4. The molecule has 0 bridgehead atoms. The predicted molar refractivity (Wildman–Crippen MR) is 76.5 cm³/mol. The van der Waals surface area contributed by atoms with Gasteiger partial charge in [-0.05, 0) is 52.2 Å². The van der Waals surface area contributed by atoms with Gasteiger partial charge in [0.25, 0.3) is 5.91 Å². The zero-order chi connectivity index (χ0) is 13.9. The monoisotopic (exact) mass is 334 g/mol. The first-order chi connectivity index (χ1) is 9.72. The highest BCUT2D eigenvalue weighted by Gasteiger charge is 2.09. The highest BCUT2D eigenvalue weighted by Crippen LogP contribution is 2.15. The number of halogens is 1. The van der Waals surface area contributed by atoms with Gasteiger partial charge >= 0.3 is 0 Å². The molecule has 0 atom stereocenters. The molecule has 0 aliphatic carbocycles. The van der Waals surface area contributed by atoms with Crippen molar-refractivity contribution in [2.45, 2.75) is 6.42 Å². The first kappa shape index (κ1) is 12.9. The first-order valence-corrected chi connectivity index (χ1v) is 6.87. The van der Waals surface area contributed by atoms with Gasteiger partial charge in [-0.3, -0.25) is 4.79 Å². The van der Waals surface area contributed by atoms with Crippen molar-refractivity contribution in [3.05, 3.63) is 52.7 Å². The van der Waals surface area contributed by atoms with E-state index in [1.807, 2.05) is 18.2 Å². The summed E-state index contributed by atoms with van der Waals surface area (Å²) in [6, 6.07) is 9.11. The van der Waals surface area contributed by atoms with Crippen molar-refractivity contribution < 1.29 is 13.6 Å². The third-order valence-corrected chi connectivity index (χ3v) is 3.32. The van der Waals surface area contributed by atoms with Crippen LogP contribution >= 0.6 is 15.9 Å². The Hall–Kier alpha value is -2.08. The van der Waals surface area contributed by atoms with Crippen LogP contribution in [0.2, 0.25) is 0 Å². The van der Waals surface area contributed by atoms with Crippen molar-refractivity contribution in [1.82, 2.24) is 10.3 Å². The molecule has 3 rings (SSSR count). The quantitative estimate of drug-likeness (QED) is 0.795. The van der Waals surface area contributed by atoms with Gasteiger partial charge in [0.2, 0.25) is 0 Å². The second-order valence-corrected chi connectivity index (χ2v) is 5.05. The van der Waals surface area contributed by atoms with Crippen molar-refractivity contribution >= 4 is 32.9 Å². The van der Waals surface area contributed by atoms with Gasteiger partial charge < -0.3 is 14.2 Å². The van der Waals surface area contributed by atoms with Crippen molar-refractivity contribution in [3.63, 3.8) is 0 Å². The van der Waals surface area contributed by atoms with Crippen LogP contribution in [0.15, 0.2) is 50.2 Å². The van der Waals surface area contributed by atoms with Gasteiger partial charge in [-0.1, -0.05) is 6.07 Å². The van der Waals surface area contributed by atoms with E-state index in [0.29, 0.717) is 17.0 Å². The fourth-order valence-corrected chi connectivity index (χ4v) is 2.21. The molecule has 0 radical (unpaired) electrons. The van der Waals surface area contributed by atoms with E-state index in [1.54, 1.807) is 12.1 Å². The number of nitrogens with one attached hydrogen (secondary N) is 1. The Morgan fingerprint density at radius 3 is 3.00 bits per heavy atom. The number of hydrogen-bond acceptors (Lipinski definition) is 4. The van der Waals surface area contributed by atoms with Gasteiger partial charge in [0, 0.05) is 6.54 Å². The Morgan fingerprint density at radius 1 is 1.30 bits per heavy atom. The summed E-state index contributed by atoms with van der Waals surface area (Å²) in [7, 11) is 0. The van der Waals surface area contributed by atoms with E-state index in [-0.39, 0.29) is 5.91 Å². The standard InChI is InChI=1S/C14H11BrN2O3/c15-13-4-3-12(20-13)14(18)16-6-5-9-1-2-11-10(7-9)17-8-19-11/h1-4,7-8H,5-6H2,(H,16,18). The Kier molecular flexibility index (Phi) is 3.56. The van der Waals surface area contributed by atoms with Crippen LogP contribution in [0.4, 0.5) is 0 Å². The lowest BCUT2D eigenvalue weighted by molar-refractivity contribution is 0.0925. The molecule has 0 spiro atoms. The summed E-state index contributed by atoms with van der Waals surface area (Å²) in [5.41, 5.74) is 2.68. The van der Waals surface area contributed by atoms with Crippen LogP contribution in [0.5, 0.6) is 0 Å². The van der Waals surface area contributed by atoms with E-state index in [0.717, 1.165) is 23.1 Å². The highest BCUT2D eigenvalue weighted by molar-refractivity contribution is 9.10. The highest BCUT2D eigenvalue weighted by atomic mass is 79.9. The first-order valence-electron chi connectivity index (χ1n) is 6.08. The molecule has 0 saturated carbocycles. The summed E-state index contributed by atoms with van der Waals surface area (Å²) in [4.78, 5) is 15.9. The lowest BCUT2D eigenvalue weighted by Crippen LogP contribution is -2.25. The molecular weight excluding hydrogens is 324 g/mol. The topological polar surface area (TPSA) is 68.3 Å². The van der Waals surface area contributed by atoms with Crippen molar-refractivity contribution in [3.8, 4) is 0 Å². The zero-order valence-electron chi connectivity index (χ0n) is 10.4. The molecule has 3 aromatic rings. The SMILES string of the molecule is O=C(NCCc1ccc2ocnc2c1)c1ccc(Br)o1. The number of aromatic nitrogens is 1. The molecular formula is C14H11BrN2O3. The average Bonchev–Trinajstić information content (AvgIpc) is 3.06. The summed E-state index contributed by atoms with van der Waals surface area (Å²) in [5.74, 6) is 0.0713. The maximum Gasteiger partial charge on any atom is 0.287 e. The second-order valence-electron chi connectivity index (χ2n) is 4.26. The van der Waals surface area contributed by atoms with Gasteiger partial charge in [0.15, 0.2) is 22.4 Å². The van der Waals surface area contributed by atoms with Crippen LogP contribution in [-0.4, -0.2) is 17.4 Å². The fraction of sp³-hybridized carbons (Fsp3) is 0.143. The van der Waals surface area contributed by atoms with Crippen LogP contribution in [0, 0.1) is 0 Å². The molecule has 0 aliphatic rings. The summed E-state index contributed by atoms with van der Waals surface area (Å²) in [6.07, 6.45) is 2.14. The molecule has 2 aromatic heterocycles. The Balaban J connectivity index is 1.58. The van der Waals surface area contributed by atoms with Gasteiger partial charge in [-0.2, -0.15) is 0 Å². The number of carbonyl (C=O) groups excluding carboxylic acids is 1. The Morgan fingerprint density at radius 2 is 2.20 bits per heavy atom. The molecule has 102 valence electrons. The number of fused-ring (bicyclic) bond motifs is 1. The average molecular weight is 335 g/mol. The minimum Gasteiger partial charge on any atom is -0.444 e. The molecule has 0 fully saturated rings. The van der Waals surface area contributed by atoms with Crippen molar-refractivity contribution in [2.24, 2.45) is 0 Å². The zero-order valence-corrected chi connectivity index (χ0v) is 12.0. The molecule has 1 N–H and O–H groups in total. The lowest BCUT2D eigenvalue weighted by Gasteiger charge is -2.03. The molecule has 5 nitrogen and oxygen atoms in total. The molecule has 0 saturated heterocycles. The molecule has 1 amide bonds. The summed E-state index contributed by atoms with van der Waals surface area (Å²) >= 11 is 3.16. The predicted octanol–water partition coefficient (Wildman–Crippen LogP) is 3.16. The van der Waals surface area contributed by atoms with Crippen LogP contribution in [0.3, 0.4) is 0 Å². The van der Waals surface area contributed by atoms with Gasteiger partial charge in [-0.15, -0.1) is 0 Å². The Bertz CT molecular complexity index is 748. The fourth-order valence-electron chi connectivity index (χ4n) is 1.90. The number of oxazole rings is 1. The van der Waals surface area contributed by atoms with E-state index in [9.17, 15) is 4.79 Å². The van der Waals surface area contributed by atoms with E-state index < -0.39 is 0 Å². The third kappa shape index (κ3) is 2.75.